The molecule has 2 aromatic rings. The zero-order valence-corrected chi connectivity index (χ0v) is 14.2. The van der Waals surface area contributed by atoms with E-state index in [1.54, 1.807) is 0 Å². The van der Waals surface area contributed by atoms with Crippen LogP contribution < -0.4 is 0 Å². The number of benzene rings is 2. The van der Waals surface area contributed by atoms with E-state index in [0.29, 0.717) is 5.25 Å². The summed E-state index contributed by atoms with van der Waals surface area (Å²) >= 11 is 0. The molecule has 2 aromatic carbocycles. The van der Waals surface area contributed by atoms with Crippen molar-refractivity contribution in [1.82, 2.24) is 0 Å². The highest BCUT2D eigenvalue weighted by Crippen LogP contribution is 2.30. The molecule has 22 heavy (non-hydrogen) atoms. The summed E-state index contributed by atoms with van der Waals surface area (Å²) < 4.78 is 0. The van der Waals surface area contributed by atoms with Crippen molar-refractivity contribution in [2.45, 2.75) is 41.2 Å². The first kappa shape index (κ1) is 16.6. The third-order valence-electron chi connectivity index (χ3n) is 3.68. The van der Waals surface area contributed by atoms with E-state index in [9.17, 15) is 0 Å². The summed E-state index contributed by atoms with van der Waals surface area (Å²) in [6.45, 7) is 10.2. The fourth-order valence-corrected chi connectivity index (χ4v) is 4.97. The Morgan fingerprint density at radius 2 is 1.59 bits per heavy atom. The van der Waals surface area contributed by atoms with Gasteiger partial charge in [-0.3, -0.25) is 0 Å². The number of allylic oxidation sites excluding steroid dienone is 1. The van der Waals surface area contributed by atoms with Crippen molar-refractivity contribution in [3.05, 3.63) is 85.5 Å². The number of hydrogen-bond donors (Lipinski definition) is 0. The molecule has 0 N–H and O–H groups in total. The first-order valence-electron chi connectivity index (χ1n) is 7.90. The SMILES string of the molecule is C=CCC(C=C)[S+](c1ccccc1)c1ccc(CCC)cc1. The molecule has 0 aliphatic heterocycles. The highest BCUT2D eigenvalue weighted by molar-refractivity contribution is 7.97. The van der Waals surface area contributed by atoms with E-state index < -0.39 is 0 Å². The summed E-state index contributed by atoms with van der Waals surface area (Å²) in [5, 5.41) is 0.400. The van der Waals surface area contributed by atoms with Gasteiger partial charge >= 0.3 is 0 Å². The second-order valence-electron chi connectivity index (χ2n) is 5.34. The van der Waals surface area contributed by atoms with Crippen LogP contribution in [0.2, 0.25) is 0 Å². The minimum Gasteiger partial charge on any atom is -0.103 e. The van der Waals surface area contributed by atoms with Crippen molar-refractivity contribution in [3.8, 4) is 0 Å². The van der Waals surface area contributed by atoms with Gasteiger partial charge in [0, 0.05) is 6.42 Å². The highest BCUT2D eigenvalue weighted by atomic mass is 32.2. The standard InChI is InChI=1S/C21H25S/c1-4-10-18-14-16-21(17-15-18)22(19(6-3)11-5-2)20-12-8-7-9-13-20/h5-9,12-17,19H,2-4,10-11H2,1H3/q+1. The Hall–Kier alpha value is -1.73. The van der Waals surface area contributed by atoms with E-state index in [0.717, 1.165) is 12.8 Å². The molecule has 0 radical (unpaired) electrons. The Balaban J connectivity index is 2.39. The van der Waals surface area contributed by atoms with Crippen LogP contribution in [-0.2, 0) is 17.3 Å². The summed E-state index contributed by atoms with van der Waals surface area (Å²) in [6, 6.07) is 19.9. The molecule has 2 unspecified atom stereocenters. The monoisotopic (exact) mass is 309 g/mol. The zero-order chi connectivity index (χ0) is 15.8. The normalized spacial score (nSPS) is 13.3. The van der Waals surface area contributed by atoms with Crippen LogP contribution in [0.4, 0.5) is 0 Å². The first-order valence-corrected chi connectivity index (χ1v) is 9.19. The van der Waals surface area contributed by atoms with Crippen LogP contribution in [0.1, 0.15) is 25.3 Å². The Labute approximate surface area is 137 Å². The fraction of sp³-hybridized carbons (Fsp3) is 0.238. The maximum absolute atomic E-state index is 4.06. The maximum atomic E-state index is 4.06. The highest BCUT2D eigenvalue weighted by Gasteiger charge is 2.32. The molecule has 0 saturated heterocycles. The molecule has 1 heteroatoms. The molecular formula is C21H25S+. The molecule has 0 bridgehead atoms. The molecule has 114 valence electrons. The van der Waals surface area contributed by atoms with Crippen LogP contribution in [0, 0.1) is 0 Å². The average molecular weight is 309 g/mol. The van der Waals surface area contributed by atoms with Crippen molar-refractivity contribution < 1.29 is 0 Å². The second-order valence-corrected chi connectivity index (χ2v) is 7.57. The van der Waals surface area contributed by atoms with Crippen molar-refractivity contribution in [2.24, 2.45) is 0 Å². The van der Waals surface area contributed by atoms with Crippen molar-refractivity contribution in [1.29, 1.82) is 0 Å². The van der Waals surface area contributed by atoms with Crippen LogP contribution in [0.25, 0.3) is 0 Å². The lowest BCUT2D eigenvalue weighted by molar-refractivity contribution is 0.919. The summed E-state index contributed by atoms with van der Waals surface area (Å²) in [5.41, 5.74) is 1.42. The Bertz CT molecular complexity index is 583. The molecular weight excluding hydrogens is 284 g/mol. The summed E-state index contributed by atoms with van der Waals surface area (Å²) in [6.07, 6.45) is 7.38. The maximum Gasteiger partial charge on any atom is 0.161 e. The number of hydrogen-bond acceptors (Lipinski definition) is 0. The van der Waals surface area contributed by atoms with Crippen molar-refractivity contribution in [2.75, 3.05) is 0 Å². The summed E-state index contributed by atoms with van der Waals surface area (Å²) in [7, 11) is 0.00955. The Morgan fingerprint density at radius 1 is 0.955 bits per heavy atom. The van der Waals surface area contributed by atoms with Gasteiger partial charge in [-0.05, 0) is 42.3 Å². The molecule has 2 atom stereocenters. The summed E-state index contributed by atoms with van der Waals surface area (Å²) in [5.74, 6) is 0. The average Bonchev–Trinajstić information content (AvgIpc) is 2.57. The molecule has 0 spiro atoms. The van der Waals surface area contributed by atoms with Gasteiger partial charge in [0.25, 0.3) is 0 Å². The van der Waals surface area contributed by atoms with Gasteiger partial charge in [-0.2, -0.15) is 0 Å². The molecule has 0 fully saturated rings. The lowest BCUT2D eigenvalue weighted by Gasteiger charge is -2.15. The van der Waals surface area contributed by atoms with E-state index in [2.05, 4.69) is 80.8 Å². The zero-order valence-electron chi connectivity index (χ0n) is 13.4. The lowest BCUT2D eigenvalue weighted by Crippen LogP contribution is -2.19. The fourth-order valence-electron chi connectivity index (χ4n) is 2.60. The summed E-state index contributed by atoms with van der Waals surface area (Å²) in [4.78, 5) is 2.76. The van der Waals surface area contributed by atoms with E-state index in [1.807, 2.05) is 6.08 Å². The molecule has 0 saturated carbocycles. The number of rotatable bonds is 8. The Morgan fingerprint density at radius 3 is 2.14 bits per heavy atom. The molecule has 0 heterocycles. The van der Waals surface area contributed by atoms with Gasteiger partial charge in [-0.15, -0.1) is 6.58 Å². The largest absolute Gasteiger partial charge is 0.161 e. The van der Waals surface area contributed by atoms with E-state index in [1.165, 1.54) is 21.8 Å². The van der Waals surface area contributed by atoms with Gasteiger partial charge in [-0.25, -0.2) is 0 Å². The topological polar surface area (TPSA) is 0 Å². The third kappa shape index (κ3) is 4.14. The van der Waals surface area contributed by atoms with Gasteiger partial charge in [0.2, 0.25) is 0 Å². The predicted octanol–water partition coefficient (Wildman–Crippen LogP) is 5.81. The van der Waals surface area contributed by atoms with Crippen LogP contribution in [0.5, 0.6) is 0 Å². The second kappa shape index (κ2) is 8.65. The molecule has 2 rings (SSSR count). The van der Waals surface area contributed by atoms with E-state index in [4.69, 9.17) is 0 Å². The van der Waals surface area contributed by atoms with Crippen LogP contribution in [-0.4, -0.2) is 5.25 Å². The van der Waals surface area contributed by atoms with Crippen LogP contribution in [0.15, 0.2) is 89.7 Å². The molecule has 0 aromatic heterocycles. The van der Waals surface area contributed by atoms with Gasteiger partial charge in [0.1, 0.15) is 5.25 Å². The minimum absolute atomic E-state index is 0.00955. The van der Waals surface area contributed by atoms with Gasteiger partial charge < -0.3 is 0 Å². The van der Waals surface area contributed by atoms with Crippen LogP contribution in [0.3, 0.4) is 0 Å². The lowest BCUT2D eigenvalue weighted by atomic mass is 10.1. The van der Waals surface area contributed by atoms with Crippen molar-refractivity contribution >= 4 is 10.9 Å². The van der Waals surface area contributed by atoms with Crippen LogP contribution >= 0.6 is 0 Å². The number of aryl methyl sites for hydroxylation is 1. The van der Waals surface area contributed by atoms with E-state index >= 15 is 0 Å². The van der Waals surface area contributed by atoms with Gasteiger partial charge in [0.05, 0.1) is 10.9 Å². The quantitative estimate of drug-likeness (QED) is 0.426. The first-order chi connectivity index (χ1) is 10.8. The van der Waals surface area contributed by atoms with E-state index in [-0.39, 0.29) is 10.9 Å². The molecule has 0 amide bonds. The van der Waals surface area contributed by atoms with Gasteiger partial charge in [0.15, 0.2) is 9.79 Å². The molecule has 0 nitrogen and oxygen atoms in total. The smallest absolute Gasteiger partial charge is 0.103 e. The predicted molar refractivity (Wildman–Crippen MR) is 99.6 cm³/mol. The Kier molecular flexibility index (Phi) is 6.54. The van der Waals surface area contributed by atoms with Gasteiger partial charge in [-0.1, -0.05) is 56.3 Å². The molecule has 0 aliphatic rings. The minimum atomic E-state index is 0.00955. The van der Waals surface area contributed by atoms with Crippen molar-refractivity contribution in [3.63, 3.8) is 0 Å². The third-order valence-corrected chi connectivity index (χ3v) is 6.23. The molecule has 0 aliphatic carbocycles.